The van der Waals surface area contributed by atoms with Crippen molar-refractivity contribution in [2.24, 2.45) is 0 Å². The van der Waals surface area contributed by atoms with Crippen LogP contribution in [0.2, 0.25) is 0 Å². The molecule has 0 saturated heterocycles. The second kappa shape index (κ2) is 8.51. The van der Waals surface area contributed by atoms with Crippen molar-refractivity contribution in [3.05, 3.63) is 47.7 Å². The number of terminal acetylenes is 1. The number of carbonyl (C=O) groups excluding carboxylic acids is 2. The molecule has 8 nitrogen and oxygen atoms in total. The van der Waals surface area contributed by atoms with E-state index in [-0.39, 0.29) is 12.3 Å². The van der Waals surface area contributed by atoms with Crippen molar-refractivity contribution in [2.45, 2.75) is 31.4 Å². The molecular weight excluding hydrogens is 394 g/mol. The maximum absolute atomic E-state index is 13.0. The first-order valence-electron chi connectivity index (χ1n) is 8.70. The Hall–Kier alpha value is -3.09. The zero-order valence-electron chi connectivity index (χ0n) is 16.6. The van der Waals surface area contributed by atoms with Gasteiger partial charge in [0.25, 0.3) is 15.9 Å². The minimum absolute atomic E-state index is 0.228. The molecule has 2 rings (SSSR count). The van der Waals surface area contributed by atoms with Crippen LogP contribution >= 0.6 is 0 Å². The zero-order valence-corrected chi connectivity index (χ0v) is 17.5. The van der Waals surface area contributed by atoms with E-state index >= 15 is 0 Å². The van der Waals surface area contributed by atoms with Gasteiger partial charge < -0.3 is 9.73 Å². The number of likely N-dealkylation sites (N-methyl/N-ethyl adjacent to an activating group) is 1. The third-order valence-corrected chi connectivity index (χ3v) is 5.28. The lowest BCUT2D eigenvalue weighted by molar-refractivity contribution is -0.119. The molecule has 1 aromatic carbocycles. The minimum Gasteiger partial charge on any atom is -0.438 e. The first kappa shape index (κ1) is 22.2. The molecule has 0 saturated carbocycles. The number of sulfonamides is 1. The summed E-state index contributed by atoms with van der Waals surface area (Å²) in [6.07, 6.45) is 5.41. The quantitative estimate of drug-likeness (QED) is 0.696. The molecule has 0 fully saturated rings. The first-order valence-corrected chi connectivity index (χ1v) is 10.2. The second-order valence-corrected chi connectivity index (χ2v) is 8.85. The molecule has 1 heterocycles. The molecule has 0 aliphatic rings. The maximum atomic E-state index is 13.0. The molecule has 154 valence electrons. The van der Waals surface area contributed by atoms with E-state index < -0.39 is 32.5 Å². The van der Waals surface area contributed by atoms with Crippen molar-refractivity contribution in [3.8, 4) is 12.3 Å². The Balaban J connectivity index is 2.41. The van der Waals surface area contributed by atoms with Crippen LogP contribution < -0.4 is 14.9 Å². The molecule has 9 heteroatoms. The second-order valence-electron chi connectivity index (χ2n) is 7.23. The largest absolute Gasteiger partial charge is 0.438 e. The molecule has 0 unspecified atom stereocenters. The van der Waals surface area contributed by atoms with Gasteiger partial charge in [0, 0.05) is 23.8 Å². The van der Waals surface area contributed by atoms with Crippen LogP contribution in [0.5, 0.6) is 0 Å². The summed E-state index contributed by atoms with van der Waals surface area (Å²) >= 11 is 0. The Morgan fingerprint density at radius 2 is 1.90 bits per heavy atom. The van der Waals surface area contributed by atoms with Gasteiger partial charge in [0.05, 0.1) is 0 Å². The van der Waals surface area contributed by atoms with E-state index in [2.05, 4.69) is 16.0 Å². The van der Waals surface area contributed by atoms with Crippen LogP contribution in [0.1, 0.15) is 36.9 Å². The fourth-order valence-electron chi connectivity index (χ4n) is 2.43. The summed E-state index contributed by atoms with van der Waals surface area (Å²) in [6.45, 7) is 4.75. The third-order valence-electron chi connectivity index (χ3n) is 3.65. The van der Waals surface area contributed by atoms with Crippen LogP contribution in [0.15, 0.2) is 45.9 Å². The van der Waals surface area contributed by atoms with Gasteiger partial charge in [0.2, 0.25) is 11.0 Å². The molecule has 0 radical (unpaired) electrons. The zero-order chi connectivity index (χ0) is 21.8. The molecule has 29 heavy (non-hydrogen) atoms. The summed E-state index contributed by atoms with van der Waals surface area (Å²) in [5, 5.41) is 2.05. The fraction of sp³-hybridized carbons (Fsp3) is 0.300. The minimum atomic E-state index is -3.95. The predicted octanol–water partition coefficient (Wildman–Crippen LogP) is 1.73. The van der Waals surface area contributed by atoms with E-state index in [1.807, 2.05) is 0 Å². The van der Waals surface area contributed by atoms with Gasteiger partial charge in [-0.2, -0.15) is 0 Å². The molecule has 2 amide bonds. The Labute approximate surface area is 170 Å². The average Bonchev–Trinajstić information content (AvgIpc) is 3.14. The Morgan fingerprint density at radius 3 is 2.48 bits per heavy atom. The molecule has 2 N–H and O–H groups in total. The maximum Gasteiger partial charge on any atom is 0.294 e. The lowest BCUT2D eigenvalue weighted by Crippen LogP contribution is -2.40. The van der Waals surface area contributed by atoms with Crippen LogP contribution in [-0.4, -0.2) is 39.4 Å². The van der Waals surface area contributed by atoms with Crippen LogP contribution in [-0.2, 0) is 14.8 Å². The van der Waals surface area contributed by atoms with E-state index in [1.165, 1.54) is 19.2 Å². The molecular formula is C20H23N3O5S. The van der Waals surface area contributed by atoms with E-state index in [0.29, 0.717) is 11.3 Å². The van der Waals surface area contributed by atoms with Crippen molar-refractivity contribution in [2.75, 3.05) is 18.5 Å². The van der Waals surface area contributed by atoms with Crippen molar-refractivity contribution >= 4 is 27.5 Å². The number of amides is 2. The normalized spacial score (nSPS) is 11.6. The number of nitrogens with zero attached hydrogens (tertiary/aromatic N) is 1. The number of benzene rings is 1. The molecule has 0 spiro atoms. The number of rotatable bonds is 6. The van der Waals surface area contributed by atoms with E-state index in [0.717, 1.165) is 4.90 Å². The third kappa shape index (κ3) is 5.70. The number of hydrogen-bond acceptors (Lipinski definition) is 5. The predicted molar refractivity (Wildman–Crippen MR) is 109 cm³/mol. The summed E-state index contributed by atoms with van der Waals surface area (Å²) in [4.78, 5) is 26.1. The summed E-state index contributed by atoms with van der Waals surface area (Å²) < 4.78 is 32.6. The van der Waals surface area contributed by atoms with E-state index in [4.69, 9.17) is 10.8 Å². The summed E-state index contributed by atoms with van der Waals surface area (Å²) in [5.74, 6) is 1.14. The van der Waals surface area contributed by atoms with Crippen LogP contribution in [0.3, 0.4) is 0 Å². The average molecular weight is 417 g/mol. The molecule has 0 atom stereocenters. The van der Waals surface area contributed by atoms with Gasteiger partial charge in [-0.25, -0.2) is 13.1 Å². The Kier molecular flexibility index (Phi) is 6.51. The van der Waals surface area contributed by atoms with Crippen molar-refractivity contribution in [1.82, 2.24) is 10.0 Å². The van der Waals surface area contributed by atoms with Gasteiger partial charge in [-0.3, -0.25) is 14.5 Å². The highest BCUT2D eigenvalue weighted by Gasteiger charge is 2.28. The van der Waals surface area contributed by atoms with Crippen molar-refractivity contribution in [1.29, 1.82) is 0 Å². The molecule has 0 aliphatic carbocycles. The van der Waals surface area contributed by atoms with Crippen LogP contribution in [0.4, 0.5) is 5.69 Å². The highest BCUT2D eigenvalue weighted by molar-refractivity contribution is 7.89. The van der Waals surface area contributed by atoms with Gasteiger partial charge in [0.15, 0.2) is 5.76 Å². The van der Waals surface area contributed by atoms with Crippen molar-refractivity contribution in [3.63, 3.8) is 0 Å². The smallest absolute Gasteiger partial charge is 0.294 e. The number of furan rings is 1. The lowest BCUT2D eigenvalue weighted by atomic mass is 10.1. The van der Waals surface area contributed by atoms with Crippen LogP contribution in [0, 0.1) is 12.3 Å². The Morgan fingerprint density at radius 1 is 1.21 bits per heavy atom. The Bertz CT molecular complexity index is 1060. The van der Waals surface area contributed by atoms with Gasteiger partial charge in [-0.05, 0) is 51.1 Å². The van der Waals surface area contributed by atoms with E-state index in [9.17, 15) is 18.0 Å². The lowest BCUT2D eigenvalue weighted by Gasteiger charge is -2.21. The summed E-state index contributed by atoms with van der Waals surface area (Å²) in [5.41, 5.74) is 0.174. The standard InChI is InChI=1S/C20H23N3O5S/c1-6-14-8-7-9-15(12-14)23(13-17(24)21-5)19(25)16-10-11-18(28-16)29(26,27)22-20(2,3)4/h1,7-12,22H,13H2,2-5H3,(H,21,24). The highest BCUT2D eigenvalue weighted by Crippen LogP contribution is 2.22. The monoisotopic (exact) mass is 417 g/mol. The van der Waals surface area contributed by atoms with Gasteiger partial charge in [-0.1, -0.05) is 12.0 Å². The van der Waals surface area contributed by atoms with Crippen LogP contribution in [0.25, 0.3) is 0 Å². The molecule has 0 aliphatic heterocycles. The van der Waals surface area contributed by atoms with Gasteiger partial charge in [-0.15, -0.1) is 6.42 Å². The molecule has 2 aromatic rings. The number of carbonyl (C=O) groups is 2. The highest BCUT2D eigenvalue weighted by atomic mass is 32.2. The van der Waals surface area contributed by atoms with Crippen molar-refractivity contribution < 1.29 is 22.4 Å². The van der Waals surface area contributed by atoms with E-state index in [1.54, 1.807) is 45.0 Å². The topological polar surface area (TPSA) is 109 Å². The number of nitrogens with one attached hydrogen (secondary N) is 2. The summed E-state index contributed by atoms with van der Waals surface area (Å²) in [7, 11) is -2.51. The van der Waals surface area contributed by atoms with Gasteiger partial charge >= 0.3 is 0 Å². The first-order chi connectivity index (χ1) is 13.5. The fourth-order valence-corrected chi connectivity index (χ4v) is 3.79. The number of anilines is 1. The number of hydrogen-bond donors (Lipinski definition) is 2. The molecule has 1 aromatic heterocycles. The SMILES string of the molecule is C#Cc1cccc(N(CC(=O)NC)C(=O)c2ccc(S(=O)(=O)NC(C)(C)C)o2)c1. The summed E-state index contributed by atoms with van der Waals surface area (Å²) in [6, 6.07) is 8.96. The molecule has 0 bridgehead atoms. The van der Waals surface area contributed by atoms with Gasteiger partial charge in [0.1, 0.15) is 6.54 Å².